The number of anilines is 1. The van der Waals surface area contributed by atoms with Crippen LogP contribution < -0.4 is 5.32 Å². The minimum Gasteiger partial charge on any atom is -0.378 e. The molecule has 0 unspecified atom stereocenters. The summed E-state index contributed by atoms with van der Waals surface area (Å²) in [6.45, 7) is 1.69. The predicted octanol–water partition coefficient (Wildman–Crippen LogP) is 3.11. The Kier molecular flexibility index (Phi) is 5.59. The second-order valence-electron chi connectivity index (χ2n) is 5.88. The minimum atomic E-state index is -2.35. The summed E-state index contributed by atoms with van der Waals surface area (Å²) in [7, 11) is 0. The third-order valence-electron chi connectivity index (χ3n) is 4.12. The first-order valence-electron chi connectivity index (χ1n) is 8.11. The average molecular weight is 400 g/mol. The Bertz CT molecular complexity index is 899. The van der Waals surface area contributed by atoms with Crippen molar-refractivity contribution in [3.05, 3.63) is 64.5 Å². The largest absolute Gasteiger partial charge is 0.378 e. The molecule has 0 radical (unpaired) electrons. The molecule has 0 atom stereocenters. The Morgan fingerprint density at radius 3 is 1.86 bits per heavy atom. The van der Waals surface area contributed by atoms with Gasteiger partial charge in [-0.1, -0.05) is 0 Å². The summed E-state index contributed by atoms with van der Waals surface area (Å²) in [6.07, 6.45) is 0. The van der Waals surface area contributed by atoms with E-state index < -0.39 is 40.6 Å². The van der Waals surface area contributed by atoms with Gasteiger partial charge in [-0.25, -0.2) is 22.0 Å². The first-order chi connectivity index (χ1) is 13.3. The Hall–Kier alpha value is -3.01. The number of carbonyl (C=O) groups excluding carboxylic acids is 2. The zero-order valence-electron chi connectivity index (χ0n) is 14.2. The summed E-state index contributed by atoms with van der Waals surface area (Å²) >= 11 is 0. The van der Waals surface area contributed by atoms with Gasteiger partial charge >= 0.3 is 0 Å². The highest BCUT2D eigenvalue weighted by Gasteiger charge is 2.29. The third-order valence-corrected chi connectivity index (χ3v) is 4.12. The first-order valence-corrected chi connectivity index (χ1v) is 8.11. The van der Waals surface area contributed by atoms with Crippen LogP contribution in [0.4, 0.5) is 27.6 Å². The number of benzene rings is 2. The molecule has 0 spiro atoms. The molecule has 0 aromatic heterocycles. The molecule has 1 saturated heterocycles. The Labute approximate surface area is 155 Å². The minimum absolute atomic E-state index is 0.00692. The van der Waals surface area contributed by atoms with Gasteiger partial charge in [0.25, 0.3) is 11.8 Å². The van der Waals surface area contributed by atoms with E-state index in [2.05, 4.69) is 0 Å². The molecule has 2 amide bonds. The second kappa shape index (κ2) is 7.93. The van der Waals surface area contributed by atoms with Crippen molar-refractivity contribution in [2.24, 2.45) is 0 Å². The fourth-order valence-electron chi connectivity index (χ4n) is 2.64. The monoisotopic (exact) mass is 400 g/mol. The van der Waals surface area contributed by atoms with Crippen molar-refractivity contribution in [2.45, 2.75) is 0 Å². The van der Waals surface area contributed by atoms with E-state index in [4.69, 9.17) is 4.74 Å². The Morgan fingerprint density at radius 2 is 1.32 bits per heavy atom. The highest BCUT2D eigenvalue weighted by molar-refractivity contribution is 6.05. The number of carbonyl (C=O) groups is 2. The van der Waals surface area contributed by atoms with Gasteiger partial charge in [-0.2, -0.15) is 0 Å². The number of hydrogen-bond acceptors (Lipinski definition) is 3. The molecule has 28 heavy (non-hydrogen) atoms. The van der Waals surface area contributed by atoms with Crippen molar-refractivity contribution < 1.29 is 36.3 Å². The van der Waals surface area contributed by atoms with Crippen LogP contribution in [0.3, 0.4) is 0 Å². The lowest BCUT2D eigenvalue weighted by Crippen LogP contribution is -2.40. The molecule has 2 aromatic carbocycles. The molecule has 10 heteroatoms. The highest BCUT2D eigenvalue weighted by atomic mass is 19.2. The van der Waals surface area contributed by atoms with Crippen LogP contribution in [0.2, 0.25) is 0 Å². The van der Waals surface area contributed by atoms with Crippen molar-refractivity contribution in [1.82, 2.24) is 4.90 Å². The number of hydrogen-bond donors (Lipinski definition) is 1. The maximum absolute atomic E-state index is 13.7. The summed E-state index contributed by atoms with van der Waals surface area (Å²) in [5.74, 6) is -13.0. The molecular formula is C18H13F5N2O3. The third kappa shape index (κ3) is 3.68. The topological polar surface area (TPSA) is 58.6 Å². The molecule has 1 N–H and O–H groups in total. The van der Waals surface area contributed by atoms with Crippen LogP contribution in [-0.4, -0.2) is 43.0 Å². The molecule has 148 valence electrons. The van der Waals surface area contributed by atoms with Crippen molar-refractivity contribution in [1.29, 1.82) is 0 Å². The van der Waals surface area contributed by atoms with Gasteiger partial charge in [-0.05, 0) is 24.3 Å². The quantitative estimate of drug-likeness (QED) is 0.490. The Morgan fingerprint density at radius 1 is 0.821 bits per heavy atom. The van der Waals surface area contributed by atoms with E-state index in [-0.39, 0.29) is 11.6 Å². The van der Waals surface area contributed by atoms with E-state index in [1.807, 2.05) is 5.32 Å². The number of amides is 2. The van der Waals surface area contributed by atoms with Crippen LogP contribution >= 0.6 is 0 Å². The standard InChI is InChI=1S/C18H13F5N2O3/c19-12-11(13(20)15(22)16(23)14(12)21)17(26)24-10-3-1-9(2-4-10)18(27)25-5-7-28-8-6-25/h1-4H,5-8H2,(H,24,26). The average Bonchev–Trinajstić information content (AvgIpc) is 2.71. The van der Waals surface area contributed by atoms with Crippen LogP contribution in [-0.2, 0) is 4.74 Å². The van der Waals surface area contributed by atoms with E-state index in [0.717, 1.165) is 0 Å². The van der Waals surface area contributed by atoms with E-state index in [0.29, 0.717) is 31.9 Å². The molecule has 0 bridgehead atoms. The molecule has 0 aliphatic carbocycles. The normalized spacial score (nSPS) is 14.1. The number of rotatable bonds is 3. The lowest BCUT2D eigenvalue weighted by atomic mass is 10.1. The van der Waals surface area contributed by atoms with E-state index in [1.54, 1.807) is 4.90 Å². The molecule has 1 aliphatic heterocycles. The molecule has 0 saturated carbocycles. The van der Waals surface area contributed by atoms with Gasteiger partial charge in [-0.15, -0.1) is 0 Å². The molecule has 5 nitrogen and oxygen atoms in total. The van der Waals surface area contributed by atoms with E-state index >= 15 is 0 Å². The number of nitrogens with one attached hydrogen (secondary N) is 1. The summed E-state index contributed by atoms with van der Waals surface area (Å²) in [4.78, 5) is 25.9. The number of ether oxygens (including phenoxy) is 1. The molecule has 1 aliphatic rings. The van der Waals surface area contributed by atoms with E-state index in [9.17, 15) is 31.5 Å². The predicted molar refractivity (Wildman–Crippen MR) is 87.3 cm³/mol. The van der Waals surface area contributed by atoms with Gasteiger partial charge in [0.1, 0.15) is 5.56 Å². The summed E-state index contributed by atoms with van der Waals surface area (Å²) in [5, 5.41) is 2.04. The van der Waals surface area contributed by atoms with Gasteiger partial charge in [-0.3, -0.25) is 9.59 Å². The second-order valence-corrected chi connectivity index (χ2v) is 5.88. The Balaban J connectivity index is 1.78. The van der Waals surface area contributed by atoms with Gasteiger partial charge in [0, 0.05) is 24.3 Å². The summed E-state index contributed by atoms with van der Waals surface area (Å²) in [6, 6.07) is 5.28. The molecule has 3 rings (SSSR count). The lowest BCUT2D eigenvalue weighted by Gasteiger charge is -2.26. The smallest absolute Gasteiger partial charge is 0.261 e. The number of nitrogens with zero attached hydrogens (tertiary/aromatic N) is 1. The van der Waals surface area contributed by atoms with Crippen molar-refractivity contribution in [3.8, 4) is 0 Å². The van der Waals surface area contributed by atoms with Gasteiger partial charge in [0.2, 0.25) is 5.82 Å². The fourth-order valence-corrected chi connectivity index (χ4v) is 2.64. The fraction of sp³-hybridized carbons (Fsp3) is 0.222. The number of halogens is 5. The lowest BCUT2D eigenvalue weighted by molar-refractivity contribution is 0.0303. The van der Waals surface area contributed by atoms with Crippen LogP contribution in [0.15, 0.2) is 24.3 Å². The maximum Gasteiger partial charge on any atom is 0.261 e. The molecule has 1 heterocycles. The number of morpholine rings is 1. The van der Waals surface area contributed by atoms with Crippen molar-refractivity contribution >= 4 is 17.5 Å². The summed E-state index contributed by atoms with van der Waals surface area (Å²) < 4.78 is 72.0. The highest BCUT2D eigenvalue weighted by Crippen LogP contribution is 2.24. The van der Waals surface area contributed by atoms with Crippen LogP contribution in [0.25, 0.3) is 0 Å². The maximum atomic E-state index is 13.7. The van der Waals surface area contributed by atoms with Crippen molar-refractivity contribution in [2.75, 3.05) is 31.6 Å². The SMILES string of the molecule is O=C(Nc1ccc(C(=O)N2CCOCC2)cc1)c1c(F)c(F)c(F)c(F)c1F. The van der Waals surface area contributed by atoms with Gasteiger partial charge < -0.3 is 15.0 Å². The zero-order chi connectivity index (χ0) is 20.4. The summed E-state index contributed by atoms with van der Waals surface area (Å²) in [5.41, 5.74) is -1.28. The van der Waals surface area contributed by atoms with Crippen LogP contribution in [0.1, 0.15) is 20.7 Å². The van der Waals surface area contributed by atoms with Crippen LogP contribution in [0, 0.1) is 29.1 Å². The molecular weight excluding hydrogens is 387 g/mol. The van der Waals surface area contributed by atoms with Gasteiger partial charge in [0.05, 0.1) is 13.2 Å². The van der Waals surface area contributed by atoms with Crippen molar-refractivity contribution in [3.63, 3.8) is 0 Å². The van der Waals surface area contributed by atoms with E-state index in [1.165, 1.54) is 24.3 Å². The first kappa shape index (κ1) is 19.7. The van der Waals surface area contributed by atoms with Crippen LogP contribution in [0.5, 0.6) is 0 Å². The molecule has 2 aromatic rings. The van der Waals surface area contributed by atoms with Gasteiger partial charge in [0.15, 0.2) is 23.3 Å². The molecule has 1 fully saturated rings. The zero-order valence-corrected chi connectivity index (χ0v) is 14.2.